The number of carbonyl (C=O) groups excluding carboxylic acids is 1. The summed E-state index contributed by atoms with van der Waals surface area (Å²) in [4.78, 5) is 11.0. The maximum atomic E-state index is 11.0. The fourth-order valence-corrected chi connectivity index (χ4v) is 1.58. The highest BCUT2D eigenvalue weighted by molar-refractivity contribution is 5.71. The second-order valence-electron chi connectivity index (χ2n) is 3.58. The Labute approximate surface area is 85.0 Å². The van der Waals surface area contributed by atoms with Gasteiger partial charge in [-0.2, -0.15) is 0 Å². The van der Waals surface area contributed by atoms with E-state index in [0.29, 0.717) is 12.7 Å². The maximum absolute atomic E-state index is 11.0. The molecule has 0 radical (unpaired) electrons. The van der Waals surface area contributed by atoms with E-state index >= 15 is 0 Å². The van der Waals surface area contributed by atoms with Crippen LogP contribution in [0.4, 0.5) is 0 Å². The molecule has 1 saturated heterocycles. The first-order valence-corrected chi connectivity index (χ1v) is 5.24. The lowest BCUT2D eigenvalue weighted by molar-refractivity contribution is -0.142. The number of hydrogen-bond donors (Lipinski definition) is 1. The van der Waals surface area contributed by atoms with Gasteiger partial charge in [0, 0.05) is 6.54 Å². The van der Waals surface area contributed by atoms with Gasteiger partial charge in [-0.05, 0) is 26.7 Å². The van der Waals surface area contributed by atoms with Crippen molar-refractivity contribution in [2.24, 2.45) is 0 Å². The normalized spacial score (nSPS) is 26.4. The van der Waals surface area contributed by atoms with Crippen molar-refractivity contribution in [2.45, 2.75) is 38.9 Å². The van der Waals surface area contributed by atoms with Gasteiger partial charge in [0.2, 0.25) is 0 Å². The lowest BCUT2D eigenvalue weighted by atomic mass is 10.2. The molecule has 0 saturated carbocycles. The Morgan fingerprint density at radius 3 is 2.93 bits per heavy atom. The molecule has 0 aromatic carbocycles. The molecule has 0 aliphatic carbocycles. The molecule has 1 heterocycles. The highest BCUT2D eigenvalue weighted by Gasteiger charge is 2.21. The molecule has 2 atom stereocenters. The van der Waals surface area contributed by atoms with E-state index in [-0.39, 0.29) is 18.6 Å². The zero-order valence-electron chi connectivity index (χ0n) is 8.91. The van der Waals surface area contributed by atoms with Gasteiger partial charge in [0.25, 0.3) is 0 Å². The Morgan fingerprint density at radius 2 is 2.36 bits per heavy atom. The Kier molecular flexibility index (Phi) is 4.90. The third kappa shape index (κ3) is 4.07. The van der Waals surface area contributed by atoms with E-state index in [0.717, 1.165) is 19.4 Å². The summed E-state index contributed by atoms with van der Waals surface area (Å²) in [6.07, 6.45) is 2.83. The highest BCUT2D eigenvalue weighted by atomic mass is 16.5. The highest BCUT2D eigenvalue weighted by Crippen LogP contribution is 2.17. The first-order chi connectivity index (χ1) is 6.72. The zero-order chi connectivity index (χ0) is 10.4. The van der Waals surface area contributed by atoms with Crippen molar-refractivity contribution in [3.05, 3.63) is 0 Å². The van der Waals surface area contributed by atoms with Crippen molar-refractivity contribution >= 4 is 5.97 Å². The van der Waals surface area contributed by atoms with Crippen LogP contribution in [0.3, 0.4) is 0 Å². The van der Waals surface area contributed by atoms with Crippen LogP contribution in [-0.4, -0.2) is 37.9 Å². The number of carbonyl (C=O) groups is 1. The van der Waals surface area contributed by atoms with Crippen molar-refractivity contribution in [1.82, 2.24) is 5.32 Å². The minimum Gasteiger partial charge on any atom is -0.465 e. The second kappa shape index (κ2) is 5.98. The Hall–Kier alpha value is -0.610. The molecule has 1 aliphatic rings. The van der Waals surface area contributed by atoms with Crippen molar-refractivity contribution in [3.8, 4) is 0 Å². The summed E-state index contributed by atoms with van der Waals surface area (Å²) in [5, 5.41) is 3.03. The number of rotatable bonds is 5. The largest absolute Gasteiger partial charge is 0.465 e. The van der Waals surface area contributed by atoms with Gasteiger partial charge in [0.1, 0.15) is 0 Å². The van der Waals surface area contributed by atoms with Crippen molar-refractivity contribution in [3.63, 3.8) is 0 Å². The van der Waals surface area contributed by atoms with E-state index in [1.165, 1.54) is 0 Å². The van der Waals surface area contributed by atoms with Crippen molar-refractivity contribution in [2.75, 3.05) is 19.7 Å². The number of hydrogen-bond acceptors (Lipinski definition) is 4. The summed E-state index contributed by atoms with van der Waals surface area (Å²) >= 11 is 0. The van der Waals surface area contributed by atoms with Gasteiger partial charge in [0.15, 0.2) is 0 Å². The Balaban J connectivity index is 2.01. The summed E-state index contributed by atoms with van der Waals surface area (Å²) in [5.41, 5.74) is 0. The van der Waals surface area contributed by atoms with Gasteiger partial charge in [-0.1, -0.05) is 0 Å². The van der Waals surface area contributed by atoms with Crippen LogP contribution in [-0.2, 0) is 14.3 Å². The Morgan fingerprint density at radius 1 is 1.57 bits per heavy atom. The summed E-state index contributed by atoms with van der Waals surface area (Å²) in [7, 11) is 0. The summed E-state index contributed by atoms with van der Waals surface area (Å²) < 4.78 is 10.4. The number of ether oxygens (including phenoxy) is 2. The summed E-state index contributed by atoms with van der Waals surface area (Å²) in [5.74, 6) is -0.196. The third-order valence-corrected chi connectivity index (χ3v) is 2.27. The molecule has 0 aromatic heterocycles. The smallest absolute Gasteiger partial charge is 0.319 e. The maximum Gasteiger partial charge on any atom is 0.319 e. The fraction of sp³-hybridized carbons (Fsp3) is 0.900. The first kappa shape index (κ1) is 11.5. The van der Waals surface area contributed by atoms with Crippen LogP contribution >= 0.6 is 0 Å². The van der Waals surface area contributed by atoms with Crippen LogP contribution in [0.2, 0.25) is 0 Å². The SMILES string of the molecule is CCOC(=O)CNCC1CCC(C)O1. The average Bonchev–Trinajstić information content (AvgIpc) is 2.52. The van der Waals surface area contributed by atoms with Gasteiger partial charge in [0.05, 0.1) is 25.4 Å². The van der Waals surface area contributed by atoms with Crippen LogP contribution in [0.1, 0.15) is 26.7 Å². The number of esters is 1. The van der Waals surface area contributed by atoms with Crippen molar-refractivity contribution < 1.29 is 14.3 Å². The molecule has 1 fully saturated rings. The van der Waals surface area contributed by atoms with Gasteiger partial charge in [-0.25, -0.2) is 0 Å². The topological polar surface area (TPSA) is 47.6 Å². The average molecular weight is 201 g/mol. The summed E-state index contributed by atoms with van der Waals surface area (Å²) in [6, 6.07) is 0. The fourth-order valence-electron chi connectivity index (χ4n) is 1.58. The predicted molar refractivity (Wildman–Crippen MR) is 53.1 cm³/mol. The standard InChI is InChI=1S/C10H19NO3/c1-3-13-10(12)7-11-6-9-5-4-8(2)14-9/h8-9,11H,3-7H2,1-2H3. The van der Waals surface area contributed by atoms with Crippen LogP contribution in [0, 0.1) is 0 Å². The van der Waals surface area contributed by atoms with Crippen LogP contribution in [0.5, 0.6) is 0 Å². The van der Waals surface area contributed by atoms with E-state index < -0.39 is 0 Å². The van der Waals surface area contributed by atoms with Gasteiger partial charge < -0.3 is 14.8 Å². The lowest BCUT2D eigenvalue weighted by Crippen LogP contribution is -2.32. The quantitative estimate of drug-likeness (QED) is 0.665. The van der Waals surface area contributed by atoms with Gasteiger partial charge >= 0.3 is 5.97 Å². The van der Waals surface area contributed by atoms with Gasteiger partial charge in [-0.15, -0.1) is 0 Å². The molecule has 0 aromatic rings. The minimum atomic E-state index is -0.196. The van der Waals surface area contributed by atoms with Crippen molar-refractivity contribution in [1.29, 1.82) is 0 Å². The number of nitrogens with one attached hydrogen (secondary N) is 1. The molecular formula is C10H19NO3. The minimum absolute atomic E-state index is 0.196. The molecule has 0 amide bonds. The molecule has 4 nitrogen and oxygen atoms in total. The Bertz CT molecular complexity index is 184. The monoisotopic (exact) mass is 201 g/mol. The van der Waals surface area contributed by atoms with Crippen LogP contribution in [0.15, 0.2) is 0 Å². The van der Waals surface area contributed by atoms with E-state index in [9.17, 15) is 4.79 Å². The molecule has 82 valence electrons. The molecule has 14 heavy (non-hydrogen) atoms. The van der Waals surface area contributed by atoms with E-state index in [2.05, 4.69) is 12.2 Å². The van der Waals surface area contributed by atoms with Crippen LogP contribution in [0.25, 0.3) is 0 Å². The molecule has 1 rings (SSSR count). The molecule has 2 unspecified atom stereocenters. The molecule has 0 bridgehead atoms. The first-order valence-electron chi connectivity index (χ1n) is 5.24. The molecule has 0 spiro atoms. The molecular weight excluding hydrogens is 182 g/mol. The van der Waals surface area contributed by atoms with E-state index in [4.69, 9.17) is 9.47 Å². The summed E-state index contributed by atoms with van der Waals surface area (Å²) in [6.45, 7) is 5.34. The second-order valence-corrected chi connectivity index (χ2v) is 3.58. The molecule has 4 heteroatoms. The van der Waals surface area contributed by atoms with E-state index in [1.807, 2.05) is 0 Å². The molecule has 1 N–H and O–H groups in total. The molecule has 1 aliphatic heterocycles. The lowest BCUT2D eigenvalue weighted by Gasteiger charge is -2.11. The zero-order valence-corrected chi connectivity index (χ0v) is 8.91. The third-order valence-electron chi connectivity index (χ3n) is 2.27. The van der Waals surface area contributed by atoms with Gasteiger partial charge in [-0.3, -0.25) is 4.79 Å². The predicted octanol–water partition coefficient (Wildman–Crippen LogP) is 0.707. The van der Waals surface area contributed by atoms with Crippen LogP contribution < -0.4 is 5.32 Å². The van der Waals surface area contributed by atoms with E-state index in [1.54, 1.807) is 6.92 Å².